The summed E-state index contributed by atoms with van der Waals surface area (Å²) in [5.41, 5.74) is 5.99. The zero-order chi connectivity index (χ0) is 91.9. The molecule has 3 amide bonds. The first-order valence-corrected chi connectivity index (χ1v) is 45.9. The van der Waals surface area contributed by atoms with E-state index in [1.807, 2.05) is 42.3 Å². The number of hydrogen-bond donors (Lipinski definition) is 0. The SMILES string of the molecule is C.S.S.S.S.S.S.[C-]#[N+]C[C@H]1CN(c2nc(OCCCN3C[C@@H]4C[C@H]3CO4)nc3c2CCN(c2cccc4cccc(Cl)c24)C3)CCN1C(=O)C=C.[C-]#[N+]C[C@H]1CN(c2nc(OC[C@@H]3CC(C)(F)CN3C)nc3c2CCN(c2cccc4cccc(Cl)c24)C3)CCN1C(=O)C=C.[C-]#[N+]C[C@H]1CN(c2nc(OC[C@@H]3CCCN3C)nc3c2CCN(c2cccc(C)c2C(F)(F)F)C3)CCN1C(=O)C=C. The average molecular weight is 2050 g/mol. The highest BCUT2D eigenvalue weighted by Gasteiger charge is 2.45. The van der Waals surface area contributed by atoms with Gasteiger partial charge in [0.2, 0.25) is 37.4 Å². The number of likely N-dealkylation sites (N-methyl/N-ethyl adjacent to an activating group) is 2. The zero-order valence-electron chi connectivity index (χ0n) is 77.6. The Kier molecular flexibility index (Phi) is 40.3. The minimum Gasteiger partial charge on any atom is -0.463 e. The number of alkyl halides is 4. The average Bonchev–Trinajstić information content (AvgIpc) is 1.15. The Hall–Kier alpha value is -9.60. The number of rotatable bonds is 23. The summed E-state index contributed by atoms with van der Waals surface area (Å²) in [6, 6.07) is 29.7. The quantitative estimate of drug-likeness (QED) is 0.0252. The summed E-state index contributed by atoms with van der Waals surface area (Å²) in [5, 5.41) is 5.67. The van der Waals surface area contributed by atoms with Crippen LogP contribution < -0.4 is 43.6 Å². The number of likely N-dealkylation sites (tertiary alicyclic amines) is 3. The van der Waals surface area contributed by atoms with Crippen LogP contribution in [0, 0.1) is 26.6 Å². The number of aryl methyl sites for hydroxylation is 1. The number of carbonyl (C=O) groups is 3. The molecule has 2 bridgehead atoms. The number of nitrogens with zero attached hydrogens (tertiary/aromatic N) is 21. The fraction of sp³-hybridized carbons (Fsp3) is 0.490. The molecule has 0 radical (unpaired) electrons. The van der Waals surface area contributed by atoms with Crippen LogP contribution in [0.2, 0.25) is 10.0 Å². The Labute approximate surface area is 858 Å². The van der Waals surface area contributed by atoms with E-state index in [2.05, 4.69) is 118 Å². The number of benzene rings is 5. The number of aromatic nitrogens is 6. The highest BCUT2D eigenvalue weighted by Crippen LogP contribution is 2.45. The third kappa shape index (κ3) is 25.1. The van der Waals surface area contributed by atoms with Gasteiger partial charge in [-0.15, -0.1) is 0 Å². The Morgan fingerprint density at radius 2 is 0.935 bits per heavy atom. The normalized spacial score (nSPS) is 21.5. The fourth-order valence-electron chi connectivity index (χ4n) is 20.5. The van der Waals surface area contributed by atoms with Gasteiger partial charge in [-0.3, -0.25) is 24.2 Å². The lowest BCUT2D eigenvalue weighted by molar-refractivity contribution is -0.137. The molecule has 0 N–H and O–H groups in total. The van der Waals surface area contributed by atoms with Crippen LogP contribution in [0.25, 0.3) is 36.1 Å². The molecule has 28 nitrogen and oxygen atoms in total. The zero-order valence-corrected chi connectivity index (χ0v) is 85.1. The van der Waals surface area contributed by atoms with Crippen molar-refractivity contribution < 1.29 is 50.9 Å². The number of fused-ring (bicyclic) bond motifs is 7. The predicted molar refractivity (Wildman–Crippen MR) is 569 cm³/mol. The van der Waals surface area contributed by atoms with Crippen LogP contribution >= 0.6 is 104 Å². The predicted octanol–water partition coefficient (Wildman–Crippen LogP) is 14.3. The molecule has 10 aliphatic heterocycles. The van der Waals surface area contributed by atoms with Crippen LogP contribution in [0.5, 0.6) is 18.0 Å². The topological polar surface area (TPSA) is 217 Å². The highest BCUT2D eigenvalue weighted by atomic mass is 35.5. The molecule has 744 valence electrons. The van der Waals surface area contributed by atoms with E-state index in [1.54, 1.807) is 32.6 Å². The van der Waals surface area contributed by atoms with Crippen LogP contribution in [0.4, 0.5) is 52.1 Å². The van der Waals surface area contributed by atoms with Crippen LogP contribution in [0.3, 0.4) is 0 Å². The Morgan fingerprint density at radius 1 is 0.529 bits per heavy atom. The molecule has 0 saturated carbocycles. The lowest BCUT2D eigenvalue weighted by atomic mass is 10.00. The molecule has 18 rings (SSSR count). The number of carbonyl (C=O) groups excluding carboxylic acids is 3. The lowest BCUT2D eigenvalue weighted by Gasteiger charge is -2.41. The van der Waals surface area contributed by atoms with Gasteiger partial charge in [0.1, 0.15) is 54.5 Å². The minimum atomic E-state index is -4.49. The van der Waals surface area contributed by atoms with Gasteiger partial charge < -0.3 is 82.5 Å². The van der Waals surface area contributed by atoms with E-state index in [-0.39, 0.29) is 192 Å². The monoisotopic (exact) mass is 2050 g/mol. The number of anilines is 6. The van der Waals surface area contributed by atoms with Gasteiger partial charge in [-0.25, -0.2) is 24.1 Å². The van der Waals surface area contributed by atoms with Gasteiger partial charge in [0, 0.05) is 167 Å². The van der Waals surface area contributed by atoms with Crippen molar-refractivity contribution in [2.45, 2.75) is 146 Å². The first kappa shape index (κ1) is 112. The van der Waals surface area contributed by atoms with E-state index < -0.39 is 17.4 Å². The summed E-state index contributed by atoms with van der Waals surface area (Å²) < 4.78 is 81.3. The van der Waals surface area contributed by atoms with Crippen molar-refractivity contribution in [2.24, 2.45) is 0 Å². The van der Waals surface area contributed by atoms with E-state index in [1.165, 1.54) is 37.3 Å². The fourth-order valence-corrected chi connectivity index (χ4v) is 21.1. The standard InChI is InChI=1S/C34H38ClN7O3.C33H37ClFN7O2.C30H36F3N7O2.CH4.6H2S/c1-3-31(43)42-15-14-41(19-25(42)18-36-2)33-27-11-13-40(30-10-5-8-23-7-4-9-28(35)32(23)30)21-29(27)37-34(38-33)44-16-6-12-39-20-26-17-24(39)22-45-26;1-5-29(43)42-15-14-41(18-24(42)17-36-3)31-25-12-13-40(28-11-7-9-22-8-6-10-26(34)30(22)28)19-27(25)37-32(38-31)44-20-23-16-33(2,35)21-39(23)4;1-5-26(41)40-15-14-39(17-22(40)16-34-3)28-23-11-13-38(25-10-6-8-20(2)27(25)30(31,32)33)18-24(23)35-29(36-28)42-19-21-9-7-12-37(21)4;;;;;;;/h3-5,7-10,24-26H,1,6,11-22H2;5-11,23-24H,1,12-21H2,2,4H3;5-6,8,10,21-22H,1,7,9,11-19H2,2,4H3;1H4;6*1H2/t24-,25-,26-;23-,24-,33?;21-,22-;;;;;;;/m000......./s1. The van der Waals surface area contributed by atoms with Crippen LogP contribution in [-0.4, -0.2) is 290 Å². The third-order valence-corrected chi connectivity index (χ3v) is 27.7. The van der Waals surface area contributed by atoms with Gasteiger partial charge in [-0.2, -0.15) is 124 Å². The molecule has 7 saturated heterocycles. The second kappa shape index (κ2) is 49.7. The summed E-state index contributed by atoms with van der Waals surface area (Å²) in [5.74, 6) is 1.76. The molecule has 3 aromatic heterocycles. The molecule has 138 heavy (non-hydrogen) atoms. The number of ether oxygens (including phenoxy) is 4. The van der Waals surface area contributed by atoms with Gasteiger partial charge in [0.05, 0.1) is 71.6 Å². The number of amides is 3. The molecular weight excluding hydrogens is 1920 g/mol. The van der Waals surface area contributed by atoms with Crippen molar-refractivity contribution in [1.29, 1.82) is 0 Å². The Balaban J connectivity index is 0.000000226. The van der Waals surface area contributed by atoms with E-state index in [4.69, 9.17) is 91.8 Å². The number of piperazine rings is 3. The first-order valence-electron chi connectivity index (χ1n) is 45.1. The Bertz CT molecular complexity index is 5760. The van der Waals surface area contributed by atoms with Gasteiger partial charge in [-0.05, 0) is 144 Å². The maximum absolute atomic E-state index is 14.7. The largest absolute Gasteiger partial charge is 0.463 e. The molecule has 1 unspecified atom stereocenters. The maximum Gasteiger partial charge on any atom is 0.418 e. The van der Waals surface area contributed by atoms with E-state index in [0.29, 0.717) is 152 Å². The van der Waals surface area contributed by atoms with E-state index >= 15 is 0 Å². The van der Waals surface area contributed by atoms with Crippen molar-refractivity contribution in [3.8, 4) is 18.0 Å². The molecule has 13 heterocycles. The summed E-state index contributed by atoms with van der Waals surface area (Å²) in [7, 11) is 3.96. The van der Waals surface area contributed by atoms with Crippen molar-refractivity contribution in [3.05, 3.63) is 218 Å². The summed E-state index contributed by atoms with van der Waals surface area (Å²) in [6.45, 7) is 50.0. The summed E-state index contributed by atoms with van der Waals surface area (Å²) in [4.78, 5) is 102. The van der Waals surface area contributed by atoms with Gasteiger partial charge >= 0.3 is 24.2 Å². The van der Waals surface area contributed by atoms with Crippen molar-refractivity contribution in [1.82, 2.24) is 59.3 Å². The highest BCUT2D eigenvalue weighted by molar-refractivity contribution is 7.60. The van der Waals surface area contributed by atoms with Crippen molar-refractivity contribution in [3.63, 3.8) is 0 Å². The maximum atomic E-state index is 14.7. The van der Waals surface area contributed by atoms with Gasteiger partial charge in [0.25, 0.3) is 0 Å². The van der Waals surface area contributed by atoms with Gasteiger partial charge in [-0.1, -0.05) is 111 Å². The molecule has 0 aliphatic carbocycles. The smallest absolute Gasteiger partial charge is 0.418 e. The second-order valence-electron chi connectivity index (χ2n) is 35.6. The molecule has 40 heteroatoms. The molecule has 8 atom stereocenters. The molecule has 10 aliphatic rings. The third-order valence-electron chi connectivity index (χ3n) is 27.1. The first-order chi connectivity index (χ1) is 63.3. The number of morpholine rings is 1. The van der Waals surface area contributed by atoms with E-state index in [0.717, 1.165) is 149 Å². The van der Waals surface area contributed by atoms with Crippen LogP contribution in [0.15, 0.2) is 129 Å². The van der Waals surface area contributed by atoms with E-state index in [9.17, 15) is 31.9 Å². The number of hydrogen-bond acceptors (Lipinski definition) is 22. The molecule has 0 spiro atoms. The molecular formula is C98H127Cl2F4N21O7S6. The minimum absolute atomic E-state index is 0. The van der Waals surface area contributed by atoms with Crippen molar-refractivity contribution >= 4 is 178 Å². The lowest BCUT2D eigenvalue weighted by Crippen LogP contribution is -2.56. The summed E-state index contributed by atoms with van der Waals surface area (Å²) in [6.07, 6.45) is 6.21. The van der Waals surface area contributed by atoms with Gasteiger partial charge in [0.15, 0.2) is 0 Å². The number of halogens is 6. The Morgan fingerprint density at radius 3 is 1.31 bits per heavy atom. The molecule has 5 aromatic carbocycles. The van der Waals surface area contributed by atoms with Crippen LogP contribution in [0.1, 0.15) is 91.4 Å². The molecule has 7 fully saturated rings. The summed E-state index contributed by atoms with van der Waals surface area (Å²) >= 11 is 13.4. The van der Waals surface area contributed by atoms with Crippen LogP contribution in [-0.2, 0) is 64.2 Å². The second-order valence-corrected chi connectivity index (χ2v) is 36.4. The molecule has 8 aromatic rings. The van der Waals surface area contributed by atoms with Crippen molar-refractivity contribution in [2.75, 3.05) is 194 Å².